The predicted molar refractivity (Wildman–Crippen MR) is 141 cm³/mol. The molecule has 5 nitrogen and oxygen atoms in total. The SMILES string of the molecule is CC.CCCc1c(CCCc2ccccc2Cl)nc(SC)nc1N1CCN(C)C(CC#N)C1. The number of piperazine rings is 1. The smallest absolute Gasteiger partial charge is 0.189 e. The van der Waals surface area contributed by atoms with Crippen LogP contribution in [0, 0.1) is 11.3 Å². The summed E-state index contributed by atoms with van der Waals surface area (Å²) in [5.41, 5.74) is 3.64. The minimum Gasteiger partial charge on any atom is -0.353 e. The van der Waals surface area contributed by atoms with E-state index in [2.05, 4.69) is 35.9 Å². The monoisotopic (exact) mass is 487 g/mol. The van der Waals surface area contributed by atoms with Crippen molar-refractivity contribution in [3.8, 4) is 6.07 Å². The van der Waals surface area contributed by atoms with Crippen LogP contribution in [0.2, 0.25) is 5.02 Å². The zero-order valence-corrected chi connectivity index (χ0v) is 22.3. The van der Waals surface area contributed by atoms with Gasteiger partial charge in [-0.15, -0.1) is 0 Å². The molecule has 1 atom stereocenters. The number of nitriles is 1. The molecule has 0 bridgehead atoms. The zero-order chi connectivity index (χ0) is 24.2. The number of anilines is 1. The van der Waals surface area contributed by atoms with Gasteiger partial charge in [-0.2, -0.15) is 5.26 Å². The molecule has 0 saturated carbocycles. The van der Waals surface area contributed by atoms with Crippen molar-refractivity contribution in [2.75, 3.05) is 37.8 Å². The highest BCUT2D eigenvalue weighted by Gasteiger charge is 2.27. The molecule has 0 spiro atoms. The molecule has 7 heteroatoms. The number of hydrogen-bond donors (Lipinski definition) is 0. The Morgan fingerprint density at radius 2 is 1.91 bits per heavy atom. The Morgan fingerprint density at radius 3 is 2.58 bits per heavy atom. The number of benzene rings is 1. The number of hydrogen-bond acceptors (Lipinski definition) is 6. The summed E-state index contributed by atoms with van der Waals surface area (Å²) in [6.07, 6.45) is 7.47. The summed E-state index contributed by atoms with van der Waals surface area (Å²) in [4.78, 5) is 14.5. The van der Waals surface area contributed by atoms with Crippen molar-refractivity contribution in [3.63, 3.8) is 0 Å². The quantitative estimate of drug-likeness (QED) is 0.317. The van der Waals surface area contributed by atoms with Crippen LogP contribution in [0.4, 0.5) is 5.82 Å². The second-order valence-corrected chi connectivity index (χ2v) is 9.28. The van der Waals surface area contributed by atoms with E-state index in [0.717, 1.165) is 67.7 Å². The lowest BCUT2D eigenvalue weighted by molar-refractivity contribution is 0.220. The fraction of sp³-hybridized carbons (Fsp3) is 0.577. The van der Waals surface area contributed by atoms with Crippen LogP contribution < -0.4 is 4.90 Å². The van der Waals surface area contributed by atoms with Crippen LogP contribution in [0.15, 0.2) is 29.4 Å². The molecule has 1 aromatic heterocycles. The first-order valence-corrected chi connectivity index (χ1v) is 13.7. The van der Waals surface area contributed by atoms with E-state index in [1.165, 1.54) is 16.8 Å². The van der Waals surface area contributed by atoms with E-state index in [-0.39, 0.29) is 6.04 Å². The van der Waals surface area contributed by atoms with Crippen LogP contribution >= 0.6 is 23.4 Å². The highest BCUT2D eigenvalue weighted by Crippen LogP contribution is 2.29. The second-order valence-electron chi connectivity index (χ2n) is 8.10. The van der Waals surface area contributed by atoms with Crippen LogP contribution in [-0.4, -0.2) is 53.8 Å². The number of nitrogens with zero attached hydrogens (tertiary/aromatic N) is 5. The molecule has 0 N–H and O–H groups in total. The fourth-order valence-electron chi connectivity index (χ4n) is 4.17. The summed E-state index contributed by atoms with van der Waals surface area (Å²) in [6, 6.07) is 10.7. The summed E-state index contributed by atoms with van der Waals surface area (Å²) in [7, 11) is 2.11. The van der Waals surface area contributed by atoms with Gasteiger partial charge in [-0.25, -0.2) is 9.97 Å². The lowest BCUT2D eigenvalue weighted by atomic mass is 10.0. The summed E-state index contributed by atoms with van der Waals surface area (Å²) in [5, 5.41) is 10.9. The van der Waals surface area contributed by atoms with E-state index in [0.29, 0.717) is 6.42 Å². The molecule has 1 aromatic carbocycles. The maximum Gasteiger partial charge on any atom is 0.189 e. The van der Waals surface area contributed by atoms with Gasteiger partial charge in [-0.05, 0) is 50.6 Å². The van der Waals surface area contributed by atoms with Gasteiger partial charge in [0.05, 0.1) is 18.2 Å². The van der Waals surface area contributed by atoms with E-state index >= 15 is 0 Å². The molecular formula is C26H38ClN5S. The Morgan fingerprint density at radius 1 is 1.15 bits per heavy atom. The Balaban J connectivity index is 0.00000187. The zero-order valence-electron chi connectivity index (χ0n) is 20.8. The van der Waals surface area contributed by atoms with Gasteiger partial charge >= 0.3 is 0 Å². The van der Waals surface area contributed by atoms with Gasteiger partial charge in [0.1, 0.15) is 5.82 Å². The van der Waals surface area contributed by atoms with Gasteiger partial charge in [0.2, 0.25) is 0 Å². The van der Waals surface area contributed by atoms with Crippen molar-refractivity contribution >= 4 is 29.2 Å². The summed E-state index contributed by atoms with van der Waals surface area (Å²) < 4.78 is 0. The van der Waals surface area contributed by atoms with Gasteiger partial charge in [0.25, 0.3) is 0 Å². The first-order chi connectivity index (χ1) is 16.1. The maximum absolute atomic E-state index is 9.24. The van der Waals surface area contributed by atoms with E-state index in [4.69, 9.17) is 21.6 Å². The Kier molecular flexibility index (Phi) is 12.0. The highest BCUT2D eigenvalue weighted by atomic mass is 35.5. The molecule has 180 valence electrons. The maximum atomic E-state index is 9.24. The largest absolute Gasteiger partial charge is 0.353 e. The molecule has 0 radical (unpaired) electrons. The van der Waals surface area contributed by atoms with E-state index in [1.807, 2.05) is 38.3 Å². The van der Waals surface area contributed by atoms with Crippen LogP contribution in [0.3, 0.4) is 0 Å². The number of thioether (sulfide) groups is 1. The Labute approximate surface area is 209 Å². The molecule has 0 amide bonds. The molecule has 1 aliphatic heterocycles. The number of halogens is 1. The topological polar surface area (TPSA) is 56.1 Å². The Bertz CT molecular complexity index is 914. The molecule has 2 aromatic rings. The first kappa shape index (κ1) is 27.4. The molecule has 3 rings (SSSR count). The van der Waals surface area contributed by atoms with Crippen LogP contribution in [-0.2, 0) is 19.3 Å². The van der Waals surface area contributed by atoms with Gasteiger partial charge < -0.3 is 4.90 Å². The third-order valence-corrected chi connectivity index (χ3v) is 6.87. The number of rotatable bonds is 9. The summed E-state index contributed by atoms with van der Waals surface area (Å²) in [6.45, 7) is 8.92. The molecule has 1 unspecified atom stereocenters. The minimum atomic E-state index is 0.240. The summed E-state index contributed by atoms with van der Waals surface area (Å²) in [5.74, 6) is 1.07. The van der Waals surface area contributed by atoms with Gasteiger partial charge in [-0.1, -0.05) is 68.8 Å². The van der Waals surface area contributed by atoms with Crippen LogP contribution in [0.25, 0.3) is 0 Å². The Hall–Kier alpha value is -1.81. The third-order valence-electron chi connectivity index (χ3n) is 5.95. The number of aromatic nitrogens is 2. The molecule has 1 aliphatic rings. The van der Waals surface area contributed by atoms with Crippen LogP contribution in [0.5, 0.6) is 0 Å². The van der Waals surface area contributed by atoms with E-state index in [9.17, 15) is 5.26 Å². The molecule has 1 saturated heterocycles. The lowest BCUT2D eigenvalue weighted by Crippen LogP contribution is -2.52. The van der Waals surface area contributed by atoms with Crippen molar-refractivity contribution in [2.45, 2.75) is 70.5 Å². The average Bonchev–Trinajstić information content (AvgIpc) is 2.84. The molecule has 1 fully saturated rings. The van der Waals surface area contributed by atoms with Gasteiger partial charge in [0.15, 0.2) is 5.16 Å². The number of likely N-dealkylation sites (N-methyl/N-ethyl adjacent to an activating group) is 1. The van der Waals surface area contributed by atoms with Crippen molar-refractivity contribution < 1.29 is 0 Å². The molecule has 33 heavy (non-hydrogen) atoms. The standard InChI is InChI=1S/C24H32ClN5S.C2H6/c1-4-8-20-22(12-7-10-18-9-5-6-11-21(18)25)27-24(31-3)28-23(20)30-16-15-29(2)19(17-30)13-14-26;1-2/h5-6,9,11,19H,4,7-8,10,12-13,15-17H2,1-3H3;1-2H3. The van der Waals surface area contributed by atoms with Gasteiger partial charge in [0, 0.05) is 36.3 Å². The lowest BCUT2D eigenvalue weighted by Gasteiger charge is -2.40. The second kappa shape index (κ2) is 14.5. The minimum absolute atomic E-state index is 0.240. The van der Waals surface area contributed by atoms with Crippen molar-refractivity contribution in [1.29, 1.82) is 5.26 Å². The van der Waals surface area contributed by atoms with Crippen molar-refractivity contribution in [2.24, 2.45) is 0 Å². The predicted octanol–water partition coefficient (Wildman–Crippen LogP) is 6.04. The van der Waals surface area contributed by atoms with Crippen LogP contribution in [0.1, 0.15) is 56.9 Å². The fourth-order valence-corrected chi connectivity index (χ4v) is 4.78. The average molecular weight is 488 g/mol. The third kappa shape index (κ3) is 7.60. The number of aryl methyl sites for hydroxylation is 2. The molecule has 2 heterocycles. The highest BCUT2D eigenvalue weighted by molar-refractivity contribution is 7.98. The van der Waals surface area contributed by atoms with Gasteiger partial charge in [-0.3, -0.25) is 4.90 Å². The van der Waals surface area contributed by atoms with Crippen molar-refractivity contribution in [3.05, 3.63) is 46.1 Å². The molecule has 0 aliphatic carbocycles. The van der Waals surface area contributed by atoms with E-state index < -0.39 is 0 Å². The van der Waals surface area contributed by atoms with Crippen molar-refractivity contribution in [1.82, 2.24) is 14.9 Å². The molecular weight excluding hydrogens is 450 g/mol. The first-order valence-electron chi connectivity index (χ1n) is 12.1. The van der Waals surface area contributed by atoms with E-state index in [1.54, 1.807) is 11.8 Å². The normalized spacial score (nSPS) is 16.2. The summed E-state index contributed by atoms with van der Waals surface area (Å²) >= 11 is 7.95.